The first-order valence-corrected chi connectivity index (χ1v) is 5.58. The number of carbonyl (C=O) groups excluding carboxylic acids is 1. The summed E-state index contributed by atoms with van der Waals surface area (Å²) in [5.41, 5.74) is 0.0970. The van der Waals surface area contributed by atoms with E-state index in [0.717, 1.165) is 18.2 Å². The van der Waals surface area contributed by atoms with Gasteiger partial charge >= 0.3 is 0 Å². The summed E-state index contributed by atoms with van der Waals surface area (Å²) in [6, 6.07) is 6.48. The van der Waals surface area contributed by atoms with Crippen molar-refractivity contribution in [1.82, 2.24) is 5.32 Å². The lowest BCUT2D eigenvalue weighted by atomic mass is 10.2. The van der Waals surface area contributed by atoms with Crippen LogP contribution in [0, 0.1) is 11.6 Å². The van der Waals surface area contributed by atoms with Crippen molar-refractivity contribution in [3.8, 4) is 0 Å². The summed E-state index contributed by atoms with van der Waals surface area (Å²) in [6.07, 6.45) is 4.23. The maximum Gasteiger partial charge on any atom is 0.244 e. The SMILES string of the molecule is O=C(C=Cc1ccco1)NCc1cc(F)ccc1F. The van der Waals surface area contributed by atoms with Crippen LogP contribution in [0.5, 0.6) is 0 Å². The van der Waals surface area contributed by atoms with E-state index in [9.17, 15) is 13.6 Å². The molecule has 19 heavy (non-hydrogen) atoms. The molecule has 0 radical (unpaired) electrons. The number of halogens is 2. The summed E-state index contributed by atoms with van der Waals surface area (Å²) in [4.78, 5) is 11.5. The molecule has 0 saturated carbocycles. The van der Waals surface area contributed by atoms with Gasteiger partial charge in [0.25, 0.3) is 0 Å². The second-order valence-electron chi connectivity index (χ2n) is 3.80. The molecule has 1 aromatic carbocycles. The number of nitrogens with one attached hydrogen (secondary N) is 1. The van der Waals surface area contributed by atoms with E-state index in [1.165, 1.54) is 18.4 Å². The van der Waals surface area contributed by atoms with Crippen LogP contribution in [0.15, 0.2) is 47.1 Å². The van der Waals surface area contributed by atoms with Gasteiger partial charge in [-0.2, -0.15) is 0 Å². The molecule has 0 bridgehead atoms. The number of hydrogen-bond donors (Lipinski definition) is 1. The Morgan fingerprint density at radius 3 is 2.89 bits per heavy atom. The van der Waals surface area contributed by atoms with Crippen LogP contribution in [0.4, 0.5) is 8.78 Å². The summed E-state index contributed by atoms with van der Waals surface area (Å²) >= 11 is 0. The van der Waals surface area contributed by atoms with Crippen LogP contribution in [-0.4, -0.2) is 5.91 Å². The highest BCUT2D eigenvalue weighted by atomic mass is 19.1. The maximum atomic E-state index is 13.3. The molecule has 1 heterocycles. The molecule has 2 rings (SSSR count). The number of amides is 1. The second kappa shape index (κ2) is 5.95. The van der Waals surface area contributed by atoms with Gasteiger partial charge in [0, 0.05) is 18.2 Å². The van der Waals surface area contributed by atoms with Gasteiger partial charge < -0.3 is 9.73 Å². The summed E-state index contributed by atoms with van der Waals surface area (Å²) in [7, 11) is 0. The first-order valence-electron chi connectivity index (χ1n) is 5.58. The van der Waals surface area contributed by atoms with E-state index >= 15 is 0 Å². The van der Waals surface area contributed by atoms with Crippen LogP contribution in [-0.2, 0) is 11.3 Å². The van der Waals surface area contributed by atoms with Crippen molar-refractivity contribution >= 4 is 12.0 Å². The van der Waals surface area contributed by atoms with Gasteiger partial charge in [-0.25, -0.2) is 8.78 Å². The lowest BCUT2D eigenvalue weighted by Gasteiger charge is -2.04. The van der Waals surface area contributed by atoms with E-state index < -0.39 is 17.5 Å². The number of hydrogen-bond acceptors (Lipinski definition) is 2. The number of furan rings is 1. The minimum absolute atomic E-state index is 0.0785. The van der Waals surface area contributed by atoms with Crippen molar-refractivity contribution < 1.29 is 18.0 Å². The van der Waals surface area contributed by atoms with Crippen LogP contribution in [0.1, 0.15) is 11.3 Å². The van der Waals surface area contributed by atoms with Gasteiger partial charge in [0.2, 0.25) is 5.91 Å². The van der Waals surface area contributed by atoms with Crippen LogP contribution in [0.2, 0.25) is 0 Å². The van der Waals surface area contributed by atoms with Gasteiger partial charge in [-0.1, -0.05) is 0 Å². The lowest BCUT2D eigenvalue weighted by Crippen LogP contribution is -2.20. The third-order valence-electron chi connectivity index (χ3n) is 2.40. The molecule has 0 fully saturated rings. The third kappa shape index (κ3) is 3.77. The van der Waals surface area contributed by atoms with Crippen molar-refractivity contribution in [2.45, 2.75) is 6.54 Å². The van der Waals surface area contributed by atoms with Crippen molar-refractivity contribution in [1.29, 1.82) is 0 Å². The lowest BCUT2D eigenvalue weighted by molar-refractivity contribution is -0.116. The van der Waals surface area contributed by atoms with Gasteiger partial charge in [0.1, 0.15) is 17.4 Å². The second-order valence-corrected chi connectivity index (χ2v) is 3.80. The standard InChI is InChI=1S/C14H11F2NO2/c15-11-3-5-13(16)10(8-11)9-17-14(18)6-4-12-2-1-7-19-12/h1-8H,9H2,(H,17,18). The normalized spacial score (nSPS) is 10.8. The molecule has 5 heteroatoms. The zero-order valence-electron chi connectivity index (χ0n) is 9.90. The van der Waals surface area contributed by atoms with Crippen LogP contribution >= 0.6 is 0 Å². The fourth-order valence-electron chi connectivity index (χ4n) is 1.46. The number of carbonyl (C=O) groups is 1. The average molecular weight is 263 g/mol. The monoisotopic (exact) mass is 263 g/mol. The average Bonchev–Trinajstić information content (AvgIpc) is 2.90. The van der Waals surface area contributed by atoms with E-state index in [-0.39, 0.29) is 12.1 Å². The highest BCUT2D eigenvalue weighted by molar-refractivity contribution is 5.91. The first-order chi connectivity index (χ1) is 9.15. The van der Waals surface area contributed by atoms with E-state index in [1.807, 2.05) is 0 Å². The van der Waals surface area contributed by atoms with Crippen molar-refractivity contribution in [2.75, 3.05) is 0 Å². The minimum atomic E-state index is -0.559. The van der Waals surface area contributed by atoms with Gasteiger partial charge in [0.05, 0.1) is 6.26 Å². The van der Waals surface area contributed by atoms with Crippen LogP contribution in [0.25, 0.3) is 6.08 Å². The van der Waals surface area contributed by atoms with Gasteiger partial charge in [0.15, 0.2) is 0 Å². The summed E-state index contributed by atoms with van der Waals surface area (Å²) in [5, 5.41) is 2.46. The molecule has 0 unspecified atom stereocenters. The molecular weight excluding hydrogens is 252 g/mol. The van der Waals surface area contributed by atoms with Crippen molar-refractivity contribution in [2.24, 2.45) is 0 Å². The Hall–Kier alpha value is -2.43. The zero-order chi connectivity index (χ0) is 13.7. The van der Waals surface area contributed by atoms with Crippen molar-refractivity contribution in [3.63, 3.8) is 0 Å². The molecular formula is C14H11F2NO2. The Morgan fingerprint density at radius 2 is 2.16 bits per heavy atom. The van der Waals surface area contributed by atoms with Crippen molar-refractivity contribution in [3.05, 3.63) is 65.6 Å². The van der Waals surface area contributed by atoms with E-state index in [0.29, 0.717) is 5.76 Å². The van der Waals surface area contributed by atoms with Crippen LogP contribution in [0.3, 0.4) is 0 Å². The molecule has 0 aliphatic heterocycles. The molecule has 98 valence electrons. The summed E-state index contributed by atoms with van der Waals surface area (Å²) in [5.74, 6) is -0.986. The number of benzene rings is 1. The topological polar surface area (TPSA) is 42.2 Å². The first kappa shape index (κ1) is 13.0. The maximum absolute atomic E-state index is 13.3. The Bertz CT molecular complexity index is 591. The van der Waals surface area contributed by atoms with E-state index in [4.69, 9.17) is 4.42 Å². The molecule has 0 aliphatic carbocycles. The Morgan fingerprint density at radius 1 is 1.32 bits per heavy atom. The predicted octanol–water partition coefficient (Wildman–Crippen LogP) is 2.89. The fourth-order valence-corrected chi connectivity index (χ4v) is 1.46. The summed E-state index contributed by atoms with van der Waals surface area (Å²) < 4.78 is 31.2. The molecule has 0 aliphatic rings. The minimum Gasteiger partial charge on any atom is -0.465 e. The zero-order valence-corrected chi connectivity index (χ0v) is 9.90. The molecule has 0 saturated heterocycles. The molecule has 1 N–H and O–H groups in total. The Labute approximate surface area is 108 Å². The fraction of sp³-hybridized carbons (Fsp3) is 0.0714. The Balaban J connectivity index is 1.91. The highest BCUT2D eigenvalue weighted by Crippen LogP contribution is 2.09. The number of rotatable bonds is 4. The van der Waals surface area contributed by atoms with Gasteiger partial charge in [-0.3, -0.25) is 4.79 Å². The molecule has 1 aromatic heterocycles. The van der Waals surface area contributed by atoms with Gasteiger partial charge in [-0.15, -0.1) is 0 Å². The molecule has 0 atom stereocenters. The molecule has 0 spiro atoms. The molecule has 2 aromatic rings. The van der Waals surface area contributed by atoms with E-state index in [1.54, 1.807) is 12.1 Å². The Kier molecular flexibility index (Phi) is 4.07. The quantitative estimate of drug-likeness (QED) is 0.862. The summed E-state index contributed by atoms with van der Waals surface area (Å²) in [6.45, 7) is -0.0785. The van der Waals surface area contributed by atoms with E-state index in [2.05, 4.69) is 5.32 Å². The molecule has 3 nitrogen and oxygen atoms in total. The van der Waals surface area contributed by atoms with Gasteiger partial charge in [-0.05, 0) is 36.4 Å². The predicted molar refractivity (Wildman–Crippen MR) is 65.9 cm³/mol. The largest absolute Gasteiger partial charge is 0.465 e. The third-order valence-corrected chi connectivity index (χ3v) is 2.40. The van der Waals surface area contributed by atoms with Crippen LogP contribution < -0.4 is 5.32 Å². The molecule has 1 amide bonds. The smallest absolute Gasteiger partial charge is 0.244 e. The highest BCUT2D eigenvalue weighted by Gasteiger charge is 2.04.